The number of hydrogen-bond acceptors (Lipinski definition) is 4. The summed E-state index contributed by atoms with van der Waals surface area (Å²) in [6, 6.07) is 18.7. The van der Waals surface area contributed by atoms with Crippen molar-refractivity contribution in [3.05, 3.63) is 90.6 Å². The molecule has 2 heterocycles. The molecule has 2 aromatic heterocycles. The molecule has 0 atom stereocenters. The maximum Gasteiger partial charge on any atom is 0.274 e. The molecule has 2 N–H and O–H groups in total. The van der Waals surface area contributed by atoms with Crippen molar-refractivity contribution in [2.75, 3.05) is 10.6 Å². The highest BCUT2D eigenvalue weighted by Crippen LogP contribution is 2.24. The van der Waals surface area contributed by atoms with Crippen molar-refractivity contribution in [2.45, 2.75) is 0 Å². The van der Waals surface area contributed by atoms with Gasteiger partial charge >= 0.3 is 0 Å². The molecule has 4 aromatic rings. The Morgan fingerprint density at radius 3 is 2.52 bits per heavy atom. The molecule has 4 rings (SSSR count). The molecule has 0 radical (unpaired) electrons. The molecule has 0 saturated carbocycles. The second kappa shape index (κ2) is 7.21. The lowest BCUT2D eigenvalue weighted by Gasteiger charge is -2.10. The van der Waals surface area contributed by atoms with Crippen LogP contribution in [0.15, 0.2) is 79.1 Å². The summed E-state index contributed by atoms with van der Waals surface area (Å²) >= 11 is 0. The van der Waals surface area contributed by atoms with E-state index in [0.717, 1.165) is 16.6 Å². The molecule has 2 aromatic carbocycles. The summed E-state index contributed by atoms with van der Waals surface area (Å²) in [5, 5.41) is 7.00. The van der Waals surface area contributed by atoms with E-state index in [4.69, 9.17) is 0 Å². The maximum absolute atomic E-state index is 13.0. The number of benzene rings is 2. The molecular weight excluding hydrogens is 343 g/mol. The minimum absolute atomic E-state index is 0.248. The quantitative estimate of drug-likeness (QED) is 0.552. The van der Waals surface area contributed by atoms with Crippen LogP contribution in [-0.2, 0) is 0 Å². The van der Waals surface area contributed by atoms with Crippen LogP contribution in [0, 0.1) is 5.82 Å². The van der Waals surface area contributed by atoms with Gasteiger partial charge in [0.05, 0.1) is 11.2 Å². The Hall–Kier alpha value is -3.80. The molecular formula is C21H15FN4O. The minimum atomic E-state index is -0.374. The molecule has 0 bridgehead atoms. The van der Waals surface area contributed by atoms with Gasteiger partial charge in [0.15, 0.2) is 0 Å². The lowest BCUT2D eigenvalue weighted by Crippen LogP contribution is -2.13. The molecule has 5 nitrogen and oxygen atoms in total. The van der Waals surface area contributed by atoms with Gasteiger partial charge < -0.3 is 10.6 Å². The number of fused-ring (bicyclic) bond motifs is 1. The van der Waals surface area contributed by atoms with Crippen LogP contribution in [0.4, 0.5) is 21.5 Å². The van der Waals surface area contributed by atoms with Crippen LogP contribution in [0.1, 0.15) is 10.5 Å². The zero-order valence-electron chi connectivity index (χ0n) is 14.2. The standard InChI is InChI=1S/C21H15FN4O/c22-15-6-8-16(9-7-15)26-21(27)19-13-17(10-12-23-19)25-18-5-1-3-14-4-2-11-24-20(14)18/h1-13H,(H,23,25)(H,26,27). The number of hydrogen-bond donors (Lipinski definition) is 2. The van der Waals surface area contributed by atoms with Gasteiger partial charge in [-0.2, -0.15) is 0 Å². The van der Waals surface area contributed by atoms with Gasteiger partial charge in [0, 0.05) is 29.2 Å². The van der Waals surface area contributed by atoms with Gasteiger partial charge in [-0.1, -0.05) is 18.2 Å². The second-order valence-electron chi connectivity index (χ2n) is 5.90. The number of anilines is 3. The topological polar surface area (TPSA) is 66.9 Å². The summed E-state index contributed by atoms with van der Waals surface area (Å²) in [6.07, 6.45) is 3.29. The van der Waals surface area contributed by atoms with Gasteiger partial charge in [-0.05, 0) is 48.5 Å². The zero-order chi connectivity index (χ0) is 18.6. The Labute approximate surface area is 154 Å². The summed E-state index contributed by atoms with van der Waals surface area (Å²) in [5.41, 5.74) is 3.14. The van der Waals surface area contributed by atoms with E-state index in [2.05, 4.69) is 20.6 Å². The SMILES string of the molecule is O=C(Nc1ccc(F)cc1)c1cc(Nc2cccc3cccnc23)ccn1. The fourth-order valence-corrected chi connectivity index (χ4v) is 2.72. The highest BCUT2D eigenvalue weighted by Gasteiger charge is 2.10. The van der Waals surface area contributed by atoms with Crippen molar-refractivity contribution in [1.29, 1.82) is 0 Å². The van der Waals surface area contributed by atoms with Gasteiger partial charge in [0.2, 0.25) is 0 Å². The van der Waals surface area contributed by atoms with E-state index in [1.54, 1.807) is 24.5 Å². The van der Waals surface area contributed by atoms with Gasteiger partial charge in [-0.25, -0.2) is 4.39 Å². The number of amides is 1. The van der Waals surface area contributed by atoms with Crippen LogP contribution in [0.3, 0.4) is 0 Å². The third-order valence-corrected chi connectivity index (χ3v) is 4.01. The molecule has 6 heteroatoms. The molecule has 0 fully saturated rings. The van der Waals surface area contributed by atoms with E-state index < -0.39 is 0 Å². The van der Waals surface area contributed by atoms with E-state index >= 15 is 0 Å². The van der Waals surface area contributed by atoms with E-state index in [1.165, 1.54) is 24.3 Å². The van der Waals surface area contributed by atoms with Crippen molar-refractivity contribution < 1.29 is 9.18 Å². The lowest BCUT2D eigenvalue weighted by atomic mass is 10.2. The third-order valence-electron chi connectivity index (χ3n) is 4.01. The number of halogens is 1. The molecule has 0 aliphatic heterocycles. The van der Waals surface area contributed by atoms with Gasteiger partial charge in [-0.15, -0.1) is 0 Å². The average Bonchev–Trinajstić information content (AvgIpc) is 2.70. The number of carbonyl (C=O) groups is 1. The maximum atomic E-state index is 13.0. The predicted molar refractivity (Wildman–Crippen MR) is 104 cm³/mol. The molecule has 27 heavy (non-hydrogen) atoms. The first kappa shape index (κ1) is 16.7. The number of nitrogens with one attached hydrogen (secondary N) is 2. The fourth-order valence-electron chi connectivity index (χ4n) is 2.72. The van der Waals surface area contributed by atoms with E-state index in [9.17, 15) is 9.18 Å². The number of pyridine rings is 2. The first-order valence-corrected chi connectivity index (χ1v) is 8.33. The lowest BCUT2D eigenvalue weighted by molar-refractivity contribution is 0.102. The van der Waals surface area contributed by atoms with Crippen LogP contribution in [0.25, 0.3) is 10.9 Å². The highest BCUT2D eigenvalue weighted by molar-refractivity contribution is 6.03. The van der Waals surface area contributed by atoms with Crippen LogP contribution < -0.4 is 10.6 Å². The summed E-state index contributed by atoms with van der Waals surface area (Å²) in [5.74, 6) is -0.734. The number of nitrogens with zero attached hydrogens (tertiary/aromatic N) is 2. The van der Waals surface area contributed by atoms with Crippen molar-refractivity contribution in [3.63, 3.8) is 0 Å². The summed E-state index contributed by atoms with van der Waals surface area (Å²) in [7, 11) is 0. The van der Waals surface area contributed by atoms with Crippen LogP contribution in [0.2, 0.25) is 0 Å². The van der Waals surface area contributed by atoms with Crippen LogP contribution >= 0.6 is 0 Å². The second-order valence-corrected chi connectivity index (χ2v) is 5.90. The normalized spacial score (nSPS) is 10.6. The summed E-state index contributed by atoms with van der Waals surface area (Å²) in [4.78, 5) is 20.9. The van der Waals surface area contributed by atoms with Gasteiger partial charge in [-0.3, -0.25) is 14.8 Å². The zero-order valence-corrected chi connectivity index (χ0v) is 14.2. The van der Waals surface area contributed by atoms with E-state index in [1.807, 2.05) is 30.3 Å². The van der Waals surface area contributed by atoms with Crippen molar-refractivity contribution in [1.82, 2.24) is 9.97 Å². The number of carbonyl (C=O) groups excluding carboxylic acids is 1. The summed E-state index contributed by atoms with van der Waals surface area (Å²) < 4.78 is 13.0. The first-order valence-electron chi connectivity index (χ1n) is 8.33. The van der Waals surface area contributed by atoms with Crippen molar-refractivity contribution in [2.24, 2.45) is 0 Å². The molecule has 0 aliphatic carbocycles. The fraction of sp³-hybridized carbons (Fsp3) is 0. The number of rotatable bonds is 4. The number of aromatic nitrogens is 2. The minimum Gasteiger partial charge on any atom is -0.354 e. The Kier molecular flexibility index (Phi) is 4.45. The monoisotopic (exact) mass is 358 g/mol. The van der Waals surface area contributed by atoms with Crippen LogP contribution in [-0.4, -0.2) is 15.9 Å². The molecule has 0 unspecified atom stereocenters. The molecule has 0 spiro atoms. The molecule has 0 aliphatic rings. The van der Waals surface area contributed by atoms with Gasteiger partial charge in [0.1, 0.15) is 11.5 Å². The van der Waals surface area contributed by atoms with E-state index in [0.29, 0.717) is 11.4 Å². The number of para-hydroxylation sites is 1. The largest absolute Gasteiger partial charge is 0.354 e. The third kappa shape index (κ3) is 3.74. The average molecular weight is 358 g/mol. The Balaban J connectivity index is 1.57. The van der Waals surface area contributed by atoms with Crippen molar-refractivity contribution >= 4 is 33.9 Å². The summed E-state index contributed by atoms with van der Waals surface area (Å²) in [6.45, 7) is 0. The Morgan fingerprint density at radius 2 is 1.67 bits per heavy atom. The predicted octanol–water partition coefficient (Wildman–Crippen LogP) is 4.76. The van der Waals surface area contributed by atoms with Crippen molar-refractivity contribution in [3.8, 4) is 0 Å². The highest BCUT2D eigenvalue weighted by atomic mass is 19.1. The Morgan fingerprint density at radius 1 is 0.852 bits per heavy atom. The smallest absolute Gasteiger partial charge is 0.274 e. The molecule has 132 valence electrons. The first-order chi connectivity index (χ1) is 13.2. The van der Waals surface area contributed by atoms with Gasteiger partial charge in [0.25, 0.3) is 5.91 Å². The van der Waals surface area contributed by atoms with E-state index in [-0.39, 0.29) is 17.4 Å². The molecule has 1 amide bonds. The molecule has 0 saturated heterocycles. The van der Waals surface area contributed by atoms with Crippen LogP contribution in [0.5, 0.6) is 0 Å². The Bertz CT molecular complexity index is 1110.